The van der Waals surface area contributed by atoms with E-state index in [9.17, 15) is 4.79 Å². The molecule has 0 aliphatic carbocycles. The molecule has 2 rings (SSSR count). The maximum Gasteiger partial charge on any atom is 0.224 e. The highest BCUT2D eigenvalue weighted by atomic mass is 32.1. The lowest BCUT2D eigenvalue weighted by Gasteiger charge is -2.12. The van der Waals surface area contributed by atoms with Gasteiger partial charge in [0.2, 0.25) is 5.91 Å². The van der Waals surface area contributed by atoms with Crippen LogP contribution in [-0.2, 0) is 17.6 Å². The van der Waals surface area contributed by atoms with E-state index < -0.39 is 0 Å². The van der Waals surface area contributed by atoms with Crippen LogP contribution in [0.15, 0.2) is 39.8 Å². The van der Waals surface area contributed by atoms with Crippen LogP contribution in [0.5, 0.6) is 0 Å². The number of thiophene rings is 1. The van der Waals surface area contributed by atoms with Crippen molar-refractivity contribution in [2.45, 2.75) is 25.8 Å². The van der Waals surface area contributed by atoms with Gasteiger partial charge in [-0.05, 0) is 47.4 Å². The standard InChI is InChI=1S/C13H15NO2S/c1-10(6-11-2-4-16-8-11)14-13(15)7-12-3-5-17-9-12/h2-5,8-10H,6-7H2,1H3,(H,14,15)/t10-/m0/s1. The van der Waals surface area contributed by atoms with E-state index in [1.165, 1.54) is 0 Å². The Labute approximate surface area is 104 Å². The predicted octanol–water partition coefficient (Wildman–Crippen LogP) is 2.63. The number of furan rings is 1. The Kier molecular flexibility index (Phi) is 3.98. The number of carbonyl (C=O) groups is 1. The Hall–Kier alpha value is -1.55. The van der Waals surface area contributed by atoms with Crippen LogP contribution >= 0.6 is 11.3 Å². The van der Waals surface area contributed by atoms with Gasteiger partial charge in [-0.15, -0.1) is 0 Å². The molecular weight excluding hydrogens is 234 g/mol. The second-order valence-electron chi connectivity index (χ2n) is 4.11. The Balaban J connectivity index is 1.78. The molecule has 0 saturated carbocycles. The summed E-state index contributed by atoms with van der Waals surface area (Å²) in [6.45, 7) is 2.00. The first kappa shape index (κ1) is 11.9. The van der Waals surface area contributed by atoms with Crippen LogP contribution in [0.2, 0.25) is 0 Å². The van der Waals surface area contributed by atoms with Crippen molar-refractivity contribution < 1.29 is 9.21 Å². The van der Waals surface area contributed by atoms with Gasteiger partial charge in [-0.3, -0.25) is 4.79 Å². The second-order valence-corrected chi connectivity index (χ2v) is 4.89. The maximum absolute atomic E-state index is 11.7. The van der Waals surface area contributed by atoms with Gasteiger partial charge < -0.3 is 9.73 Å². The lowest BCUT2D eigenvalue weighted by molar-refractivity contribution is -0.121. The van der Waals surface area contributed by atoms with E-state index in [4.69, 9.17) is 4.42 Å². The van der Waals surface area contributed by atoms with E-state index in [0.29, 0.717) is 6.42 Å². The van der Waals surface area contributed by atoms with Gasteiger partial charge in [0.1, 0.15) is 0 Å². The summed E-state index contributed by atoms with van der Waals surface area (Å²) in [6, 6.07) is 4.02. The molecule has 0 saturated heterocycles. The molecule has 0 aliphatic heterocycles. The molecule has 90 valence electrons. The topological polar surface area (TPSA) is 42.2 Å². The SMILES string of the molecule is C[C@@H](Cc1ccoc1)NC(=O)Cc1ccsc1. The molecule has 0 bridgehead atoms. The summed E-state index contributed by atoms with van der Waals surface area (Å²) < 4.78 is 4.99. The molecule has 1 atom stereocenters. The zero-order valence-corrected chi connectivity index (χ0v) is 10.5. The molecule has 0 spiro atoms. The third-order valence-electron chi connectivity index (χ3n) is 2.47. The van der Waals surface area contributed by atoms with Crippen LogP contribution in [0.25, 0.3) is 0 Å². The zero-order valence-electron chi connectivity index (χ0n) is 9.68. The largest absolute Gasteiger partial charge is 0.472 e. The number of amides is 1. The highest BCUT2D eigenvalue weighted by Crippen LogP contribution is 2.07. The first-order valence-corrected chi connectivity index (χ1v) is 6.50. The normalized spacial score (nSPS) is 12.3. The molecule has 3 nitrogen and oxygen atoms in total. The fourth-order valence-electron chi connectivity index (χ4n) is 1.72. The van der Waals surface area contributed by atoms with Gasteiger partial charge in [-0.25, -0.2) is 0 Å². The summed E-state index contributed by atoms with van der Waals surface area (Å²) in [5.74, 6) is 0.0689. The van der Waals surface area contributed by atoms with Gasteiger partial charge in [0.05, 0.1) is 18.9 Å². The quantitative estimate of drug-likeness (QED) is 0.885. The molecule has 4 heteroatoms. The number of rotatable bonds is 5. The number of hydrogen-bond acceptors (Lipinski definition) is 3. The Bertz CT molecular complexity index is 448. The minimum Gasteiger partial charge on any atom is -0.472 e. The number of hydrogen-bond donors (Lipinski definition) is 1. The third-order valence-corrected chi connectivity index (χ3v) is 3.21. The van der Waals surface area contributed by atoms with E-state index in [1.807, 2.05) is 29.8 Å². The van der Waals surface area contributed by atoms with Gasteiger partial charge in [0, 0.05) is 6.04 Å². The van der Waals surface area contributed by atoms with Crippen LogP contribution in [0.3, 0.4) is 0 Å². The van der Waals surface area contributed by atoms with Gasteiger partial charge in [0.25, 0.3) is 0 Å². The molecule has 0 radical (unpaired) electrons. The fourth-order valence-corrected chi connectivity index (χ4v) is 2.39. The Morgan fingerprint density at radius 3 is 3.00 bits per heavy atom. The second kappa shape index (κ2) is 5.68. The van der Waals surface area contributed by atoms with Crippen molar-refractivity contribution in [1.82, 2.24) is 5.32 Å². The summed E-state index contributed by atoms with van der Waals surface area (Å²) >= 11 is 1.61. The predicted molar refractivity (Wildman–Crippen MR) is 68.0 cm³/mol. The van der Waals surface area contributed by atoms with Crippen molar-refractivity contribution in [1.29, 1.82) is 0 Å². The highest BCUT2D eigenvalue weighted by molar-refractivity contribution is 7.07. The average molecular weight is 249 g/mol. The van der Waals surface area contributed by atoms with Crippen molar-refractivity contribution in [3.63, 3.8) is 0 Å². The number of carbonyl (C=O) groups excluding carboxylic acids is 1. The van der Waals surface area contributed by atoms with E-state index in [1.54, 1.807) is 23.9 Å². The zero-order chi connectivity index (χ0) is 12.1. The van der Waals surface area contributed by atoms with E-state index in [2.05, 4.69) is 5.32 Å². The van der Waals surface area contributed by atoms with Crippen LogP contribution in [0, 0.1) is 0 Å². The average Bonchev–Trinajstić information content (AvgIpc) is 2.90. The summed E-state index contributed by atoms with van der Waals surface area (Å²) in [6.07, 6.45) is 4.61. The van der Waals surface area contributed by atoms with Gasteiger partial charge in [0.15, 0.2) is 0 Å². The van der Waals surface area contributed by atoms with Crippen LogP contribution in [0.4, 0.5) is 0 Å². The molecular formula is C13H15NO2S. The van der Waals surface area contributed by atoms with E-state index in [-0.39, 0.29) is 11.9 Å². The molecule has 17 heavy (non-hydrogen) atoms. The summed E-state index contributed by atoms with van der Waals surface area (Å²) in [5.41, 5.74) is 2.18. The minimum atomic E-state index is 0.0689. The van der Waals surface area contributed by atoms with E-state index in [0.717, 1.165) is 17.5 Å². The van der Waals surface area contributed by atoms with Crippen LogP contribution < -0.4 is 5.32 Å². The van der Waals surface area contributed by atoms with Crippen molar-refractivity contribution in [2.24, 2.45) is 0 Å². The van der Waals surface area contributed by atoms with Gasteiger partial charge in [-0.2, -0.15) is 11.3 Å². The highest BCUT2D eigenvalue weighted by Gasteiger charge is 2.09. The fraction of sp³-hybridized carbons (Fsp3) is 0.308. The van der Waals surface area contributed by atoms with E-state index >= 15 is 0 Å². The van der Waals surface area contributed by atoms with Crippen LogP contribution in [0.1, 0.15) is 18.1 Å². The molecule has 0 aliphatic rings. The maximum atomic E-state index is 11.7. The lowest BCUT2D eigenvalue weighted by Crippen LogP contribution is -2.34. The molecule has 2 heterocycles. The van der Waals surface area contributed by atoms with Crippen molar-refractivity contribution in [3.8, 4) is 0 Å². The van der Waals surface area contributed by atoms with Crippen molar-refractivity contribution >= 4 is 17.2 Å². The minimum absolute atomic E-state index is 0.0689. The Morgan fingerprint density at radius 1 is 1.47 bits per heavy atom. The summed E-state index contributed by atoms with van der Waals surface area (Å²) in [4.78, 5) is 11.7. The first-order chi connectivity index (χ1) is 8.24. The molecule has 1 N–H and O–H groups in total. The molecule has 0 fully saturated rings. The van der Waals surface area contributed by atoms with Gasteiger partial charge in [-0.1, -0.05) is 0 Å². The molecule has 2 aromatic heterocycles. The van der Waals surface area contributed by atoms with Crippen molar-refractivity contribution in [3.05, 3.63) is 46.5 Å². The molecule has 2 aromatic rings. The first-order valence-electron chi connectivity index (χ1n) is 5.55. The molecule has 0 unspecified atom stereocenters. The summed E-state index contributed by atoms with van der Waals surface area (Å²) in [5, 5.41) is 6.96. The third kappa shape index (κ3) is 3.75. The van der Waals surface area contributed by atoms with Crippen molar-refractivity contribution in [2.75, 3.05) is 0 Å². The Morgan fingerprint density at radius 2 is 2.35 bits per heavy atom. The lowest BCUT2D eigenvalue weighted by atomic mass is 10.1. The number of nitrogens with one attached hydrogen (secondary N) is 1. The molecule has 1 amide bonds. The van der Waals surface area contributed by atoms with Crippen LogP contribution in [-0.4, -0.2) is 11.9 Å². The van der Waals surface area contributed by atoms with Gasteiger partial charge >= 0.3 is 0 Å². The molecule has 0 aromatic carbocycles. The summed E-state index contributed by atoms with van der Waals surface area (Å²) in [7, 11) is 0. The monoisotopic (exact) mass is 249 g/mol. The smallest absolute Gasteiger partial charge is 0.224 e.